The number of amides is 2. The van der Waals surface area contributed by atoms with Crippen LogP contribution >= 0.6 is 0 Å². The lowest BCUT2D eigenvalue weighted by Gasteiger charge is -2.22. The van der Waals surface area contributed by atoms with Crippen molar-refractivity contribution in [2.24, 2.45) is 5.92 Å². The predicted octanol–water partition coefficient (Wildman–Crippen LogP) is 1.91. The van der Waals surface area contributed by atoms with Gasteiger partial charge in [-0.25, -0.2) is 9.59 Å². The molecule has 128 valence electrons. The fourth-order valence-corrected chi connectivity index (χ4v) is 1.91. The van der Waals surface area contributed by atoms with Crippen LogP contribution in [0.15, 0.2) is 0 Å². The fraction of sp³-hybridized carbons (Fsp3) is 0.800. The molecule has 0 radical (unpaired) electrons. The number of hydrogen-bond donors (Lipinski definition) is 3. The molecule has 22 heavy (non-hydrogen) atoms. The molecule has 0 unspecified atom stereocenters. The van der Waals surface area contributed by atoms with E-state index in [9.17, 15) is 14.4 Å². The van der Waals surface area contributed by atoms with E-state index in [1.807, 2.05) is 20.8 Å². The molecule has 0 aliphatic rings. The molecule has 0 spiro atoms. The number of hydrogen-bond acceptors (Lipinski definition) is 4. The zero-order valence-electron chi connectivity index (χ0n) is 14.0. The average molecular weight is 316 g/mol. The van der Waals surface area contributed by atoms with Crippen LogP contribution in [0.4, 0.5) is 4.79 Å². The lowest BCUT2D eigenvalue weighted by Crippen LogP contribution is -2.52. The molecule has 0 saturated carbocycles. The van der Waals surface area contributed by atoms with E-state index in [1.54, 1.807) is 13.8 Å². The van der Waals surface area contributed by atoms with E-state index in [0.717, 1.165) is 0 Å². The van der Waals surface area contributed by atoms with Gasteiger partial charge in [0, 0.05) is 0 Å². The van der Waals surface area contributed by atoms with Crippen molar-refractivity contribution >= 4 is 18.0 Å². The van der Waals surface area contributed by atoms with Crippen molar-refractivity contribution < 1.29 is 24.2 Å². The maximum atomic E-state index is 12.2. The largest absolute Gasteiger partial charge is 0.480 e. The molecule has 0 fully saturated rings. The van der Waals surface area contributed by atoms with Crippen molar-refractivity contribution in [1.82, 2.24) is 10.6 Å². The van der Waals surface area contributed by atoms with E-state index in [0.29, 0.717) is 19.3 Å². The van der Waals surface area contributed by atoms with Gasteiger partial charge in [-0.3, -0.25) is 4.79 Å². The third-order valence-electron chi connectivity index (χ3n) is 2.85. The van der Waals surface area contributed by atoms with E-state index in [4.69, 9.17) is 9.84 Å². The van der Waals surface area contributed by atoms with Gasteiger partial charge in [0.25, 0.3) is 0 Å². The van der Waals surface area contributed by atoms with Crippen LogP contribution in [0.3, 0.4) is 0 Å². The standard InChI is InChI=1S/C15H28N2O5/c1-6-7-11(14(19)20)16-13(18)12(8-9(2)3)17-15(21)22-10(4)5/h9-12H,6-8H2,1-5H3,(H,16,18)(H,17,21)(H,19,20)/t11-,12+/m0/s1. The zero-order valence-corrected chi connectivity index (χ0v) is 14.0. The predicted molar refractivity (Wildman–Crippen MR) is 82.5 cm³/mol. The molecule has 0 aromatic heterocycles. The topological polar surface area (TPSA) is 105 Å². The summed E-state index contributed by atoms with van der Waals surface area (Å²) >= 11 is 0. The first-order valence-corrected chi connectivity index (χ1v) is 7.67. The highest BCUT2D eigenvalue weighted by atomic mass is 16.6. The Morgan fingerprint density at radius 2 is 1.64 bits per heavy atom. The molecule has 0 bridgehead atoms. The molecule has 0 aliphatic heterocycles. The summed E-state index contributed by atoms with van der Waals surface area (Å²) in [6.07, 6.45) is 0.394. The third kappa shape index (κ3) is 8.49. The van der Waals surface area contributed by atoms with Crippen LogP contribution in [0.5, 0.6) is 0 Å². The Morgan fingerprint density at radius 1 is 1.05 bits per heavy atom. The second-order valence-electron chi connectivity index (χ2n) is 5.97. The number of ether oxygens (including phenoxy) is 1. The van der Waals surface area contributed by atoms with Gasteiger partial charge in [-0.2, -0.15) is 0 Å². The van der Waals surface area contributed by atoms with Gasteiger partial charge in [-0.15, -0.1) is 0 Å². The van der Waals surface area contributed by atoms with Gasteiger partial charge in [0.05, 0.1) is 6.10 Å². The third-order valence-corrected chi connectivity index (χ3v) is 2.85. The van der Waals surface area contributed by atoms with Crippen LogP contribution in [-0.2, 0) is 14.3 Å². The smallest absolute Gasteiger partial charge is 0.408 e. The van der Waals surface area contributed by atoms with Gasteiger partial charge >= 0.3 is 12.1 Å². The molecule has 0 heterocycles. The minimum absolute atomic E-state index is 0.157. The normalized spacial score (nSPS) is 13.6. The van der Waals surface area contributed by atoms with Gasteiger partial charge < -0.3 is 20.5 Å². The van der Waals surface area contributed by atoms with E-state index >= 15 is 0 Å². The highest BCUT2D eigenvalue weighted by molar-refractivity contribution is 5.89. The van der Waals surface area contributed by atoms with Gasteiger partial charge in [-0.1, -0.05) is 27.2 Å². The Labute approximate surface area is 131 Å². The molecule has 3 N–H and O–H groups in total. The van der Waals surface area contributed by atoms with Crippen LogP contribution in [0.1, 0.15) is 53.9 Å². The van der Waals surface area contributed by atoms with Crippen molar-refractivity contribution in [2.45, 2.75) is 72.1 Å². The van der Waals surface area contributed by atoms with Crippen LogP contribution in [0.25, 0.3) is 0 Å². The number of carboxylic acids is 1. The number of carboxylic acid groups (broad SMARTS) is 1. The van der Waals surface area contributed by atoms with E-state index < -0.39 is 30.1 Å². The van der Waals surface area contributed by atoms with Crippen molar-refractivity contribution in [3.8, 4) is 0 Å². The summed E-state index contributed by atoms with van der Waals surface area (Å²) in [5.74, 6) is -1.43. The average Bonchev–Trinajstić information content (AvgIpc) is 2.35. The lowest BCUT2D eigenvalue weighted by atomic mass is 10.0. The molecule has 0 aliphatic carbocycles. The maximum Gasteiger partial charge on any atom is 0.408 e. The Kier molecular flexibility index (Phi) is 9.21. The van der Waals surface area contributed by atoms with Crippen LogP contribution in [0.2, 0.25) is 0 Å². The number of nitrogens with one attached hydrogen (secondary N) is 2. The molecular formula is C15H28N2O5. The number of carbonyl (C=O) groups is 3. The van der Waals surface area contributed by atoms with Crippen molar-refractivity contribution in [3.63, 3.8) is 0 Å². The summed E-state index contributed by atoms with van der Waals surface area (Å²) in [6.45, 7) is 9.08. The number of alkyl carbamates (subject to hydrolysis) is 1. The Morgan fingerprint density at radius 3 is 2.05 bits per heavy atom. The molecule has 0 aromatic rings. The van der Waals surface area contributed by atoms with Crippen molar-refractivity contribution in [1.29, 1.82) is 0 Å². The molecule has 7 nitrogen and oxygen atoms in total. The van der Waals surface area contributed by atoms with Crippen LogP contribution in [0, 0.1) is 5.92 Å². The molecular weight excluding hydrogens is 288 g/mol. The number of rotatable bonds is 9. The highest BCUT2D eigenvalue weighted by Gasteiger charge is 2.27. The van der Waals surface area contributed by atoms with E-state index in [-0.39, 0.29) is 12.0 Å². The summed E-state index contributed by atoms with van der Waals surface area (Å²) in [5, 5.41) is 14.1. The summed E-state index contributed by atoms with van der Waals surface area (Å²) in [5.41, 5.74) is 0. The summed E-state index contributed by atoms with van der Waals surface area (Å²) in [4.78, 5) is 35.0. The van der Waals surface area contributed by atoms with E-state index in [1.165, 1.54) is 0 Å². The Hall–Kier alpha value is -1.79. The van der Waals surface area contributed by atoms with Gasteiger partial charge in [-0.05, 0) is 32.6 Å². The molecule has 0 aromatic carbocycles. The SMILES string of the molecule is CCC[C@H](NC(=O)[C@@H](CC(C)C)NC(=O)OC(C)C)C(=O)O. The van der Waals surface area contributed by atoms with Crippen molar-refractivity contribution in [2.75, 3.05) is 0 Å². The Bertz CT molecular complexity index is 382. The first-order valence-electron chi connectivity index (χ1n) is 7.67. The molecule has 2 atom stereocenters. The lowest BCUT2D eigenvalue weighted by molar-refractivity contribution is -0.142. The number of aliphatic carboxylic acids is 1. The monoisotopic (exact) mass is 316 g/mol. The summed E-state index contributed by atoms with van der Waals surface area (Å²) in [6, 6.07) is -1.76. The second-order valence-corrected chi connectivity index (χ2v) is 5.97. The first-order chi connectivity index (χ1) is 10.2. The zero-order chi connectivity index (χ0) is 17.3. The quantitative estimate of drug-likeness (QED) is 0.602. The molecule has 7 heteroatoms. The maximum absolute atomic E-state index is 12.2. The second kappa shape index (κ2) is 10.0. The van der Waals surface area contributed by atoms with Crippen LogP contribution in [-0.4, -0.2) is 41.3 Å². The van der Waals surface area contributed by atoms with Gasteiger partial charge in [0.1, 0.15) is 12.1 Å². The number of carbonyl (C=O) groups excluding carboxylic acids is 2. The van der Waals surface area contributed by atoms with Crippen molar-refractivity contribution in [3.05, 3.63) is 0 Å². The van der Waals surface area contributed by atoms with E-state index in [2.05, 4.69) is 10.6 Å². The fourth-order valence-electron chi connectivity index (χ4n) is 1.91. The van der Waals surface area contributed by atoms with Gasteiger partial charge in [0.2, 0.25) is 5.91 Å². The first kappa shape index (κ1) is 20.2. The summed E-state index contributed by atoms with van der Waals surface area (Å²) in [7, 11) is 0. The van der Waals surface area contributed by atoms with Crippen LogP contribution < -0.4 is 10.6 Å². The summed E-state index contributed by atoms with van der Waals surface area (Å²) < 4.78 is 4.97. The minimum Gasteiger partial charge on any atom is -0.480 e. The Balaban J connectivity index is 4.82. The molecule has 2 amide bonds. The molecule has 0 saturated heterocycles. The minimum atomic E-state index is -1.08. The molecule has 0 rings (SSSR count). The van der Waals surface area contributed by atoms with Gasteiger partial charge in [0.15, 0.2) is 0 Å². The highest BCUT2D eigenvalue weighted by Crippen LogP contribution is 2.07.